The van der Waals surface area contributed by atoms with Crippen LogP contribution in [0.1, 0.15) is 49.4 Å². The SMILES string of the molecule is CC(C)Oc1ccc(-c2nc(-c3cccc4c3CCCC4NS(C)(=O)=O)no2)cc1C#N. The molecule has 0 saturated heterocycles. The van der Waals surface area contributed by atoms with E-state index in [-0.39, 0.29) is 12.1 Å². The van der Waals surface area contributed by atoms with E-state index in [1.54, 1.807) is 18.2 Å². The molecule has 1 aliphatic rings. The van der Waals surface area contributed by atoms with Crippen molar-refractivity contribution >= 4 is 10.0 Å². The molecule has 4 rings (SSSR count). The van der Waals surface area contributed by atoms with Gasteiger partial charge in [-0.2, -0.15) is 10.2 Å². The van der Waals surface area contributed by atoms with Crippen LogP contribution in [-0.2, 0) is 16.4 Å². The maximum atomic E-state index is 11.8. The second-order valence-corrected chi connectivity index (χ2v) is 9.90. The van der Waals surface area contributed by atoms with Gasteiger partial charge in [-0.1, -0.05) is 23.4 Å². The van der Waals surface area contributed by atoms with Crippen molar-refractivity contribution in [1.82, 2.24) is 14.9 Å². The number of nitriles is 1. The molecule has 166 valence electrons. The highest BCUT2D eigenvalue weighted by molar-refractivity contribution is 7.88. The van der Waals surface area contributed by atoms with Crippen molar-refractivity contribution in [3.05, 3.63) is 53.1 Å². The molecule has 1 unspecified atom stereocenters. The van der Waals surface area contributed by atoms with E-state index >= 15 is 0 Å². The zero-order valence-electron chi connectivity index (χ0n) is 18.1. The normalized spacial score (nSPS) is 15.9. The van der Waals surface area contributed by atoms with Gasteiger partial charge in [0.05, 0.1) is 17.9 Å². The molecule has 1 atom stereocenters. The van der Waals surface area contributed by atoms with Gasteiger partial charge >= 0.3 is 0 Å². The van der Waals surface area contributed by atoms with Crippen LogP contribution in [0.5, 0.6) is 5.75 Å². The van der Waals surface area contributed by atoms with E-state index in [1.165, 1.54) is 6.26 Å². The third-order valence-corrected chi connectivity index (χ3v) is 5.95. The molecule has 3 aromatic rings. The Bertz CT molecular complexity index is 1290. The van der Waals surface area contributed by atoms with Crippen molar-refractivity contribution in [3.8, 4) is 34.7 Å². The summed E-state index contributed by atoms with van der Waals surface area (Å²) in [6.07, 6.45) is 3.52. The molecular formula is C23H24N4O4S. The van der Waals surface area contributed by atoms with Crippen molar-refractivity contribution in [2.75, 3.05) is 6.26 Å². The van der Waals surface area contributed by atoms with Crippen LogP contribution >= 0.6 is 0 Å². The summed E-state index contributed by atoms with van der Waals surface area (Å²) in [5.41, 5.74) is 3.79. The smallest absolute Gasteiger partial charge is 0.258 e. The summed E-state index contributed by atoms with van der Waals surface area (Å²) in [7, 11) is -3.33. The molecule has 0 bridgehead atoms. The number of benzene rings is 2. The zero-order chi connectivity index (χ0) is 22.9. The number of nitrogens with one attached hydrogen (secondary N) is 1. The van der Waals surface area contributed by atoms with Crippen LogP contribution in [0.3, 0.4) is 0 Å². The fourth-order valence-corrected chi connectivity index (χ4v) is 4.76. The van der Waals surface area contributed by atoms with Crippen LogP contribution < -0.4 is 9.46 Å². The monoisotopic (exact) mass is 452 g/mol. The molecule has 9 heteroatoms. The molecule has 1 heterocycles. The lowest BCUT2D eigenvalue weighted by Gasteiger charge is -2.26. The number of rotatable bonds is 6. The molecule has 1 aliphatic carbocycles. The molecule has 1 aromatic heterocycles. The van der Waals surface area contributed by atoms with Crippen LogP contribution in [0.4, 0.5) is 0 Å². The highest BCUT2D eigenvalue weighted by Gasteiger charge is 2.26. The van der Waals surface area contributed by atoms with Crippen LogP contribution in [0, 0.1) is 11.3 Å². The Balaban J connectivity index is 1.68. The highest BCUT2D eigenvalue weighted by Crippen LogP contribution is 2.36. The maximum Gasteiger partial charge on any atom is 0.258 e. The summed E-state index contributed by atoms with van der Waals surface area (Å²) >= 11 is 0. The van der Waals surface area contributed by atoms with Crippen molar-refractivity contribution in [2.45, 2.75) is 45.3 Å². The van der Waals surface area contributed by atoms with Crippen molar-refractivity contribution in [1.29, 1.82) is 5.26 Å². The van der Waals surface area contributed by atoms with Crippen molar-refractivity contribution in [3.63, 3.8) is 0 Å². The summed E-state index contributed by atoms with van der Waals surface area (Å²) in [6, 6.07) is 12.8. The first-order valence-electron chi connectivity index (χ1n) is 10.4. The van der Waals surface area contributed by atoms with E-state index < -0.39 is 10.0 Å². The molecular weight excluding hydrogens is 428 g/mol. The Kier molecular flexibility index (Phi) is 6.00. The third-order valence-electron chi connectivity index (χ3n) is 5.24. The Morgan fingerprint density at radius 3 is 2.81 bits per heavy atom. The second-order valence-electron chi connectivity index (χ2n) is 8.12. The molecule has 8 nitrogen and oxygen atoms in total. The Morgan fingerprint density at radius 1 is 1.28 bits per heavy atom. The van der Waals surface area contributed by atoms with E-state index in [9.17, 15) is 13.7 Å². The van der Waals surface area contributed by atoms with Gasteiger partial charge in [0.25, 0.3) is 5.89 Å². The van der Waals surface area contributed by atoms with E-state index in [2.05, 4.69) is 20.9 Å². The van der Waals surface area contributed by atoms with Crippen LogP contribution in [0.25, 0.3) is 22.8 Å². The van der Waals surface area contributed by atoms with E-state index in [1.807, 2.05) is 32.0 Å². The lowest BCUT2D eigenvalue weighted by Crippen LogP contribution is -2.30. The standard InChI is InChI=1S/C23H24N4O4S/c1-14(2)30-21-11-10-15(12-16(21)13-24)23-25-22(26-31-23)19-8-4-7-18-17(19)6-5-9-20(18)27-32(3,28)29/h4,7-8,10-12,14,20,27H,5-6,9H2,1-3H3. The number of hydrogen-bond acceptors (Lipinski definition) is 7. The number of ether oxygens (including phenoxy) is 1. The van der Waals surface area contributed by atoms with E-state index in [0.717, 1.165) is 36.0 Å². The number of sulfonamides is 1. The Labute approximate surface area is 187 Å². The van der Waals surface area contributed by atoms with Crippen molar-refractivity contribution in [2.24, 2.45) is 0 Å². The molecule has 32 heavy (non-hydrogen) atoms. The Hall–Kier alpha value is -3.22. The summed E-state index contributed by atoms with van der Waals surface area (Å²) in [5.74, 6) is 1.23. The zero-order valence-corrected chi connectivity index (χ0v) is 18.9. The topological polar surface area (TPSA) is 118 Å². The lowest BCUT2D eigenvalue weighted by atomic mass is 9.85. The number of nitrogens with zero attached hydrogens (tertiary/aromatic N) is 3. The van der Waals surface area contributed by atoms with Gasteiger partial charge in [-0.3, -0.25) is 0 Å². The van der Waals surface area contributed by atoms with Gasteiger partial charge in [-0.05, 0) is 62.4 Å². The minimum atomic E-state index is -3.33. The maximum absolute atomic E-state index is 11.8. The van der Waals surface area contributed by atoms with Crippen LogP contribution in [-0.4, -0.2) is 30.9 Å². The van der Waals surface area contributed by atoms with Gasteiger partial charge in [-0.15, -0.1) is 0 Å². The molecule has 0 amide bonds. The number of hydrogen-bond donors (Lipinski definition) is 1. The minimum Gasteiger partial charge on any atom is -0.490 e. The van der Waals surface area contributed by atoms with Crippen LogP contribution in [0.15, 0.2) is 40.9 Å². The van der Waals surface area contributed by atoms with Crippen LogP contribution in [0.2, 0.25) is 0 Å². The van der Waals surface area contributed by atoms with Gasteiger partial charge in [0.2, 0.25) is 15.8 Å². The van der Waals surface area contributed by atoms with Gasteiger partial charge < -0.3 is 9.26 Å². The Morgan fingerprint density at radius 2 is 2.09 bits per heavy atom. The summed E-state index contributed by atoms with van der Waals surface area (Å²) < 4.78 is 37.4. The second kappa shape index (κ2) is 8.73. The first kappa shape index (κ1) is 22.0. The molecule has 0 spiro atoms. The average molecular weight is 453 g/mol. The predicted molar refractivity (Wildman–Crippen MR) is 119 cm³/mol. The summed E-state index contributed by atoms with van der Waals surface area (Å²) in [4.78, 5) is 4.56. The largest absolute Gasteiger partial charge is 0.490 e. The fourth-order valence-electron chi connectivity index (χ4n) is 4.00. The number of fused-ring (bicyclic) bond motifs is 1. The van der Waals surface area contributed by atoms with Gasteiger partial charge in [0, 0.05) is 17.2 Å². The quantitative estimate of drug-likeness (QED) is 0.601. The first-order valence-corrected chi connectivity index (χ1v) is 12.3. The molecule has 0 radical (unpaired) electrons. The minimum absolute atomic E-state index is 0.0479. The molecule has 0 saturated carbocycles. The number of aromatic nitrogens is 2. The molecule has 2 aromatic carbocycles. The average Bonchev–Trinajstić information content (AvgIpc) is 3.22. The third kappa shape index (κ3) is 4.66. The predicted octanol–water partition coefficient (Wildman–Crippen LogP) is 3.99. The fraction of sp³-hybridized carbons (Fsp3) is 0.348. The van der Waals surface area contributed by atoms with Gasteiger partial charge in [0.1, 0.15) is 11.8 Å². The molecule has 0 fully saturated rings. The van der Waals surface area contributed by atoms with Gasteiger partial charge in [0.15, 0.2) is 0 Å². The summed E-state index contributed by atoms with van der Waals surface area (Å²) in [6.45, 7) is 3.80. The summed E-state index contributed by atoms with van der Waals surface area (Å²) in [5, 5.41) is 13.6. The highest BCUT2D eigenvalue weighted by atomic mass is 32.2. The van der Waals surface area contributed by atoms with E-state index in [0.29, 0.717) is 28.6 Å². The molecule has 1 N–H and O–H groups in total. The van der Waals surface area contributed by atoms with E-state index in [4.69, 9.17) is 9.26 Å². The lowest BCUT2D eigenvalue weighted by molar-refractivity contribution is 0.241. The molecule has 0 aliphatic heterocycles. The van der Waals surface area contributed by atoms with Crippen molar-refractivity contribution < 1.29 is 17.7 Å². The first-order chi connectivity index (χ1) is 15.2. The van der Waals surface area contributed by atoms with Gasteiger partial charge in [-0.25, -0.2) is 13.1 Å².